The molecule has 0 radical (unpaired) electrons. The molecule has 1 aliphatic rings. The van der Waals surface area contributed by atoms with Gasteiger partial charge < -0.3 is 4.90 Å². The molecule has 4 rings (SSSR count). The number of fused-ring (bicyclic) bond motifs is 1. The number of carbonyl (C=O) groups is 1. The lowest BCUT2D eigenvalue weighted by Gasteiger charge is -2.27. The minimum atomic E-state index is -4.81. The molecule has 0 spiro atoms. The zero-order valence-corrected chi connectivity index (χ0v) is 18.5. The van der Waals surface area contributed by atoms with Crippen molar-refractivity contribution in [3.63, 3.8) is 0 Å². The monoisotopic (exact) mass is 474 g/mol. The quantitative estimate of drug-likeness (QED) is 0.366. The van der Waals surface area contributed by atoms with Gasteiger partial charge in [0.05, 0.1) is 12.6 Å². The van der Waals surface area contributed by atoms with E-state index in [4.69, 9.17) is 0 Å². The topological polar surface area (TPSA) is 61.9 Å². The van der Waals surface area contributed by atoms with E-state index in [0.29, 0.717) is 16.0 Å². The van der Waals surface area contributed by atoms with Crippen LogP contribution in [0.25, 0.3) is 11.1 Å². The average Bonchev–Trinajstić information content (AvgIpc) is 3.45. The molecule has 0 saturated carbocycles. The Morgan fingerprint density at radius 1 is 1.42 bits per heavy atom. The molecule has 1 aromatic carbocycles. The van der Waals surface area contributed by atoms with Gasteiger partial charge >= 0.3 is 6.18 Å². The van der Waals surface area contributed by atoms with Gasteiger partial charge in [-0.3, -0.25) is 9.48 Å². The summed E-state index contributed by atoms with van der Waals surface area (Å²) >= 11 is 1.22. The Kier molecular flexibility index (Phi) is 5.62. The summed E-state index contributed by atoms with van der Waals surface area (Å²) < 4.78 is 57.8. The maximum absolute atomic E-state index is 15.3. The van der Waals surface area contributed by atoms with E-state index in [1.54, 1.807) is 13.8 Å². The Morgan fingerprint density at radius 3 is 2.76 bits per heavy atom. The van der Waals surface area contributed by atoms with Crippen LogP contribution in [0.2, 0.25) is 0 Å². The Bertz CT molecular complexity index is 1320. The number of halogens is 4. The standard InChI is InChI=1S/C23H18F4N4OS/c1-4-18(32)31-11-17-19(12(3)16(9-28)33-17)21(31)13-7-6-8-15(24)20(13)14-10-30(5-2)29-22(14)23(25,26)27/h4,6-8,10,21H,1,5,11H2,2-3H3/t21-/m0/s1. The fourth-order valence-corrected chi connectivity index (χ4v) is 5.38. The van der Waals surface area contributed by atoms with Crippen molar-refractivity contribution in [2.45, 2.75) is 39.2 Å². The van der Waals surface area contributed by atoms with Crippen molar-refractivity contribution in [1.82, 2.24) is 14.7 Å². The number of amides is 1. The number of nitrogens with zero attached hydrogens (tertiary/aromatic N) is 4. The predicted octanol–water partition coefficient (Wildman–Crippen LogP) is 5.59. The van der Waals surface area contributed by atoms with Crippen LogP contribution in [0.15, 0.2) is 37.1 Å². The molecule has 3 aromatic rings. The van der Waals surface area contributed by atoms with Gasteiger partial charge in [-0.1, -0.05) is 18.7 Å². The van der Waals surface area contributed by atoms with Gasteiger partial charge in [-0.15, -0.1) is 11.3 Å². The second-order valence-electron chi connectivity index (χ2n) is 7.53. The highest BCUT2D eigenvalue weighted by Gasteiger charge is 2.42. The van der Waals surface area contributed by atoms with Gasteiger partial charge in [0.15, 0.2) is 5.69 Å². The molecule has 1 amide bonds. The van der Waals surface area contributed by atoms with Crippen LogP contribution in [0, 0.1) is 24.1 Å². The molecule has 3 heterocycles. The molecular formula is C23H18F4N4OS. The highest BCUT2D eigenvalue weighted by Crippen LogP contribution is 2.49. The fourth-order valence-electron chi connectivity index (χ4n) is 4.24. The summed E-state index contributed by atoms with van der Waals surface area (Å²) in [6.07, 6.45) is -2.53. The van der Waals surface area contributed by atoms with Crippen molar-refractivity contribution < 1.29 is 22.4 Å². The molecule has 1 aliphatic heterocycles. The van der Waals surface area contributed by atoms with E-state index < -0.39 is 35.2 Å². The van der Waals surface area contributed by atoms with E-state index >= 15 is 4.39 Å². The summed E-state index contributed by atoms with van der Waals surface area (Å²) in [5.74, 6) is -1.31. The molecule has 33 heavy (non-hydrogen) atoms. The molecule has 0 unspecified atom stereocenters. The van der Waals surface area contributed by atoms with Crippen molar-refractivity contribution in [3.8, 4) is 17.2 Å². The summed E-state index contributed by atoms with van der Waals surface area (Å²) in [5.41, 5.74) is -0.420. The fraction of sp³-hybridized carbons (Fsp3) is 0.261. The van der Waals surface area contributed by atoms with Gasteiger partial charge in [-0.2, -0.15) is 23.5 Å². The van der Waals surface area contributed by atoms with Crippen molar-refractivity contribution in [1.29, 1.82) is 5.26 Å². The van der Waals surface area contributed by atoms with Crippen LogP contribution in [0.4, 0.5) is 17.6 Å². The number of thiophene rings is 1. The number of hydrogen-bond donors (Lipinski definition) is 0. The summed E-state index contributed by atoms with van der Waals surface area (Å²) in [5, 5.41) is 13.1. The predicted molar refractivity (Wildman–Crippen MR) is 115 cm³/mol. The summed E-state index contributed by atoms with van der Waals surface area (Å²) in [6, 6.07) is 5.22. The molecule has 2 aromatic heterocycles. The number of aromatic nitrogens is 2. The van der Waals surface area contributed by atoms with Gasteiger partial charge in [-0.25, -0.2) is 4.39 Å². The van der Waals surface area contributed by atoms with Crippen LogP contribution in [-0.4, -0.2) is 20.6 Å². The van der Waals surface area contributed by atoms with E-state index in [1.165, 1.54) is 34.6 Å². The summed E-state index contributed by atoms with van der Waals surface area (Å²) in [6.45, 7) is 7.18. The molecule has 1 atom stereocenters. The van der Waals surface area contributed by atoms with Crippen LogP contribution in [0.3, 0.4) is 0 Å². The second kappa shape index (κ2) is 8.15. The van der Waals surface area contributed by atoms with Gasteiger partial charge in [0, 0.05) is 28.7 Å². The van der Waals surface area contributed by atoms with Crippen molar-refractivity contribution in [3.05, 3.63) is 75.0 Å². The van der Waals surface area contributed by atoms with Crippen LogP contribution in [-0.2, 0) is 24.1 Å². The third-order valence-corrected chi connectivity index (χ3v) is 6.89. The SMILES string of the molecule is C=CC(=O)N1Cc2sc(C#N)c(C)c2[C@@H]1c1cccc(F)c1-c1cn(CC)nc1C(F)(F)F. The molecule has 0 bridgehead atoms. The molecule has 0 N–H and O–H groups in total. The largest absolute Gasteiger partial charge is 0.435 e. The number of alkyl halides is 3. The van der Waals surface area contributed by atoms with Gasteiger partial charge in [0.2, 0.25) is 5.91 Å². The highest BCUT2D eigenvalue weighted by molar-refractivity contribution is 7.13. The zero-order valence-electron chi connectivity index (χ0n) is 17.7. The molecule has 170 valence electrons. The number of benzene rings is 1. The Balaban J connectivity index is 2.03. The summed E-state index contributed by atoms with van der Waals surface area (Å²) in [7, 11) is 0. The number of rotatable bonds is 4. The molecule has 5 nitrogen and oxygen atoms in total. The first kappa shape index (κ1) is 22.7. The Labute approximate surface area is 191 Å². The molecule has 0 fully saturated rings. The lowest BCUT2D eigenvalue weighted by atomic mass is 9.90. The van der Waals surface area contributed by atoms with E-state index in [1.807, 2.05) is 0 Å². The highest BCUT2D eigenvalue weighted by atomic mass is 32.1. The zero-order chi connectivity index (χ0) is 24.1. The molecule has 10 heteroatoms. The first-order valence-corrected chi connectivity index (χ1v) is 10.8. The second-order valence-corrected chi connectivity index (χ2v) is 8.63. The molecule has 0 aliphatic carbocycles. The smallest absolute Gasteiger partial charge is 0.323 e. The molecular weight excluding hydrogens is 456 g/mol. The maximum atomic E-state index is 15.3. The average molecular weight is 474 g/mol. The van der Waals surface area contributed by atoms with Gasteiger partial charge in [-0.05, 0) is 42.7 Å². The number of aryl methyl sites for hydroxylation is 1. The van der Waals surface area contributed by atoms with E-state index in [2.05, 4.69) is 17.7 Å². The Morgan fingerprint density at radius 2 is 2.15 bits per heavy atom. The number of carbonyl (C=O) groups excluding carboxylic acids is 1. The minimum absolute atomic E-state index is 0.147. The van der Waals surface area contributed by atoms with E-state index in [0.717, 1.165) is 21.7 Å². The first-order valence-electron chi connectivity index (χ1n) is 10.0. The van der Waals surface area contributed by atoms with Crippen LogP contribution in [0.1, 0.15) is 45.1 Å². The lowest BCUT2D eigenvalue weighted by molar-refractivity contribution is -0.141. The van der Waals surface area contributed by atoms with E-state index in [9.17, 15) is 23.2 Å². The number of nitriles is 1. The van der Waals surface area contributed by atoms with Gasteiger partial charge in [0.1, 0.15) is 16.8 Å². The van der Waals surface area contributed by atoms with E-state index in [-0.39, 0.29) is 24.2 Å². The first-order chi connectivity index (χ1) is 15.6. The lowest BCUT2D eigenvalue weighted by Crippen LogP contribution is -2.29. The van der Waals surface area contributed by atoms with Crippen LogP contribution in [0.5, 0.6) is 0 Å². The third-order valence-electron chi connectivity index (χ3n) is 5.69. The van der Waals surface area contributed by atoms with Crippen molar-refractivity contribution in [2.24, 2.45) is 0 Å². The van der Waals surface area contributed by atoms with Crippen molar-refractivity contribution >= 4 is 17.2 Å². The normalized spacial score (nSPS) is 15.4. The Hall–Kier alpha value is -3.45. The number of hydrogen-bond acceptors (Lipinski definition) is 4. The van der Waals surface area contributed by atoms with Gasteiger partial charge in [0.25, 0.3) is 0 Å². The molecule has 0 saturated heterocycles. The van der Waals surface area contributed by atoms with Crippen molar-refractivity contribution in [2.75, 3.05) is 0 Å². The maximum Gasteiger partial charge on any atom is 0.435 e. The van der Waals surface area contributed by atoms with Crippen LogP contribution >= 0.6 is 11.3 Å². The third kappa shape index (κ3) is 3.62. The minimum Gasteiger partial charge on any atom is -0.323 e. The summed E-state index contributed by atoms with van der Waals surface area (Å²) in [4.78, 5) is 15.3. The van der Waals surface area contributed by atoms with Crippen LogP contribution < -0.4 is 0 Å².